The molecule has 43 heavy (non-hydrogen) atoms. The summed E-state index contributed by atoms with van der Waals surface area (Å²) in [6.07, 6.45) is 4.97. The fourth-order valence-corrected chi connectivity index (χ4v) is 10.0. The van der Waals surface area contributed by atoms with Crippen molar-refractivity contribution in [1.29, 1.82) is 5.26 Å². The third-order valence-corrected chi connectivity index (χ3v) is 13.6. The molecule has 5 aliphatic rings. The SMILES string of the molecule is N#C[C@]1(CC2CC3(CC3)NC2=O)SC1NC(=O)[Si](CC1CCC(F)(F)CC1)NC(=O)OCC1(Cc2cccc(Cl)c2)CC1. The number of thioether (sulfide) groups is 1. The summed E-state index contributed by atoms with van der Waals surface area (Å²) in [7, 11) is -2.26. The Morgan fingerprint density at radius 2 is 1.93 bits per heavy atom. The molecule has 3 saturated carbocycles. The fourth-order valence-electron chi connectivity index (χ4n) is 6.60. The molecular formula is C30H36ClF2N4O4SSi. The van der Waals surface area contributed by atoms with Gasteiger partial charge in [0.25, 0.3) is 8.96 Å². The summed E-state index contributed by atoms with van der Waals surface area (Å²) in [5.41, 5.74) is 0.441. The molecule has 2 saturated heterocycles. The fraction of sp³-hybridized carbons (Fsp3) is 0.667. The van der Waals surface area contributed by atoms with Gasteiger partial charge in [-0.2, -0.15) is 5.26 Å². The molecule has 1 radical (unpaired) electrons. The number of alkyl halides is 2. The van der Waals surface area contributed by atoms with Crippen molar-refractivity contribution in [3.05, 3.63) is 34.9 Å². The van der Waals surface area contributed by atoms with Crippen LogP contribution in [-0.2, 0) is 16.0 Å². The second-order valence-corrected chi connectivity index (χ2v) is 17.3. The van der Waals surface area contributed by atoms with E-state index >= 15 is 0 Å². The van der Waals surface area contributed by atoms with Crippen LogP contribution in [0, 0.1) is 28.6 Å². The lowest BCUT2D eigenvalue weighted by molar-refractivity contribution is -0.122. The van der Waals surface area contributed by atoms with Gasteiger partial charge in [0.1, 0.15) is 10.1 Å². The van der Waals surface area contributed by atoms with Crippen LogP contribution in [0.25, 0.3) is 0 Å². The number of nitriles is 1. The summed E-state index contributed by atoms with van der Waals surface area (Å²) in [5.74, 6) is -3.10. The molecule has 2 unspecified atom stereocenters. The van der Waals surface area contributed by atoms with Crippen LogP contribution in [-0.4, -0.2) is 54.7 Å². The van der Waals surface area contributed by atoms with Crippen LogP contribution < -0.4 is 15.6 Å². The lowest BCUT2D eigenvalue weighted by atomic mass is 9.88. The van der Waals surface area contributed by atoms with E-state index in [1.54, 1.807) is 0 Å². The number of nitrogens with zero attached hydrogens (tertiary/aromatic N) is 1. The van der Waals surface area contributed by atoms with E-state index in [4.69, 9.17) is 16.3 Å². The van der Waals surface area contributed by atoms with E-state index in [1.165, 1.54) is 11.8 Å². The normalized spacial score (nSPS) is 29.4. The third-order valence-electron chi connectivity index (χ3n) is 9.74. The predicted octanol–water partition coefficient (Wildman–Crippen LogP) is 5.89. The Bertz CT molecular complexity index is 1330. The topological polar surface area (TPSA) is 120 Å². The molecule has 231 valence electrons. The molecule has 3 atom stereocenters. The number of ether oxygens (including phenoxy) is 1. The van der Waals surface area contributed by atoms with Crippen LogP contribution in [0.5, 0.6) is 0 Å². The molecule has 8 nitrogen and oxygen atoms in total. The molecule has 2 aliphatic heterocycles. The molecule has 3 aliphatic carbocycles. The number of hydrogen-bond donors (Lipinski definition) is 3. The Balaban J connectivity index is 1.05. The average Bonchev–Trinajstić information content (AvgIpc) is 3.90. The van der Waals surface area contributed by atoms with Gasteiger partial charge in [0.15, 0.2) is 0 Å². The molecule has 6 rings (SSSR count). The van der Waals surface area contributed by atoms with Crippen LogP contribution in [0.2, 0.25) is 11.1 Å². The average molecular weight is 650 g/mol. The zero-order chi connectivity index (χ0) is 30.5. The molecule has 3 amide bonds. The highest BCUT2D eigenvalue weighted by atomic mass is 35.5. The van der Waals surface area contributed by atoms with Crippen molar-refractivity contribution in [3.8, 4) is 6.07 Å². The van der Waals surface area contributed by atoms with E-state index in [2.05, 4.69) is 21.7 Å². The van der Waals surface area contributed by atoms with E-state index in [9.17, 15) is 28.4 Å². The van der Waals surface area contributed by atoms with Crippen LogP contribution >= 0.6 is 23.4 Å². The standard InChI is InChI=1S/C30H36ClF2N4O4SSi/c31-22-3-1-2-20(12-22)13-27(8-9-27)18-41-25(39)37-43(16-19-4-6-30(32,33)7-5-19)26(40)35-24-29(17-34,42-24)15-21-14-28(10-11-28)36-23(21)38/h1-3,12,19,21,24H,4-11,13-16,18H2,(H,35,40)(H,36,38)(H,37,39)/t21?,24?,29-/m0/s1. The second-order valence-electron chi connectivity index (χ2n) is 13.3. The van der Waals surface area contributed by atoms with Crippen molar-refractivity contribution in [1.82, 2.24) is 15.6 Å². The first-order chi connectivity index (χ1) is 20.4. The first-order valence-electron chi connectivity index (χ1n) is 15.1. The van der Waals surface area contributed by atoms with Gasteiger partial charge in [-0.3, -0.25) is 9.59 Å². The molecular weight excluding hydrogens is 614 g/mol. The first kappa shape index (κ1) is 30.7. The molecule has 1 aromatic carbocycles. The maximum Gasteiger partial charge on any atom is 0.399 e. The van der Waals surface area contributed by atoms with Gasteiger partial charge in [-0.05, 0) is 87.4 Å². The van der Waals surface area contributed by atoms with Crippen LogP contribution in [0.4, 0.5) is 18.4 Å². The van der Waals surface area contributed by atoms with Crippen LogP contribution in [0.15, 0.2) is 24.3 Å². The first-order valence-corrected chi connectivity index (χ1v) is 18.0. The molecule has 3 N–H and O–H groups in total. The van der Waals surface area contributed by atoms with Gasteiger partial charge in [-0.25, -0.2) is 13.6 Å². The summed E-state index contributed by atoms with van der Waals surface area (Å²) in [5, 5.41) is 16.1. The smallest absolute Gasteiger partial charge is 0.399 e. The molecule has 13 heteroatoms. The number of amides is 3. The molecule has 0 bridgehead atoms. The van der Waals surface area contributed by atoms with Crippen molar-refractivity contribution < 1.29 is 27.9 Å². The highest BCUT2D eigenvalue weighted by Crippen LogP contribution is 2.58. The van der Waals surface area contributed by atoms with Gasteiger partial charge in [0, 0.05) is 34.7 Å². The number of benzene rings is 1. The van der Waals surface area contributed by atoms with Crippen molar-refractivity contribution in [2.24, 2.45) is 17.3 Å². The summed E-state index contributed by atoms with van der Waals surface area (Å²) in [4.78, 5) is 41.8. The summed E-state index contributed by atoms with van der Waals surface area (Å²) in [6.45, 7) is 0.207. The van der Waals surface area contributed by atoms with Gasteiger partial charge in [-0.15, -0.1) is 11.8 Å². The quantitative estimate of drug-likeness (QED) is 0.203. The van der Waals surface area contributed by atoms with E-state index in [1.807, 2.05) is 24.3 Å². The van der Waals surface area contributed by atoms with Crippen LogP contribution in [0.1, 0.15) is 69.8 Å². The number of hydrogen-bond acceptors (Lipinski definition) is 6. The van der Waals surface area contributed by atoms with Crippen molar-refractivity contribution in [3.63, 3.8) is 0 Å². The van der Waals surface area contributed by atoms with Gasteiger partial charge in [0.2, 0.25) is 17.4 Å². The summed E-state index contributed by atoms with van der Waals surface area (Å²) in [6, 6.07) is 10.2. The Morgan fingerprint density at radius 1 is 1.19 bits per heavy atom. The monoisotopic (exact) mass is 649 g/mol. The minimum absolute atomic E-state index is 0.0308. The Morgan fingerprint density at radius 3 is 2.56 bits per heavy atom. The number of carbonyl (C=O) groups is 3. The minimum atomic E-state index is -2.69. The van der Waals surface area contributed by atoms with E-state index in [0.717, 1.165) is 37.7 Å². The summed E-state index contributed by atoms with van der Waals surface area (Å²) >= 11 is 7.44. The third kappa shape index (κ3) is 7.31. The zero-order valence-electron chi connectivity index (χ0n) is 23.9. The zero-order valence-corrected chi connectivity index (χ0v) is 26.4. The van der Waals surface area contributed by atoms with Crippen molar-refractivity contribution in [2.45, 2.75) is 98.3 Å². The number of carbonyl (C=O) groups excluding carboxylic acids is 3. The second kappa shape index (κ2) is 11.5. The lowest BCUT2D eigenvalue weighted by Crippen LogP contribution is -2.53. The van der Waals surface area contributed by atoms with E-state index in [-0.39, 0.29) is 66.5 Å². The molecule has 0 aromatic heterocycles. The predicted molar refractivity (Wildman–Crippen MR) is 160 cm³/mol. The molecule has 1 aromatic rings. The largest absolute Gasteiger partial charge is 0.450 e. The number of rotatable bonds is 11. The van der Waals surface area contributed by atoms with Crippen LogP contribution in [0.3, 0.4) is 0 Å². The highest BCUT2D eigenvalue weighted by molar-refractivity contribution is 8.09. The Kier molecular flexibility index (Phi) is 8.22. The highest BCUT2D eigenvalue weighted by Gasteiger charge is 2.62. The number of halogens is 3. The lowest BCUT2D eigenvalue weighted by Gasteiger charge is -2.29. The maximum absolute atomic E-state index is 13.8. The van der Waals surface area contributed by atoms with Gasteiger partial charge >= 0.3 is 6.09 Å². The van der Waals surface area contributed by atoms with Crippen molar-refractivity contribution >= 4 is 49.9 Å². The number of nitrogens with one attached hydrogen (secondary N) is 3. The van der Waals surface area contributed by atoms with Crippen molar-refractivity contribution in [2.75, 3.05) is 6.61 Å². The maximum atomic E-state index is 13.8. The molecule has 1 spiro atoms. The van der Waals surface area contributed by atoms with Gasteiger partial charge in [-0.1, -0.05) is 23.7 Å². The van der Waals surface area contributed by atoms with E-state index < -0.39 is 31.1 Å². The Hall–Kier alpha value is -2.36. The van der Waals surface area contributed by atoms with Gasteiger partial charge < -0.3 is 20.4 Å². The molecule has 2 heterocycles. The van der Waals surface area contributed by atoms with Gasteiger partial charge in [0.05, 0.1) is 12.7 Å². The van der Waals surface area contributed by atoms with E-state index in [0.29, 0.717) is 23.9 Å². The summed E-state index contributed by atoms with van der Waals surface area (Å²) < 4.78 is 32.3. The Labute approximate surface area is 261 Å². The molecule has 5 fully saturated rings. The minimum Gasteiger partial charge on any atom is -0.450 e.